The highest BCUT2D eigenvalue weighted by Gasteiger charge is 2.30. The number of nitrogens with one attached hydrogen (secondary N) is 2. The second-order valence-corrected chi connectivity index (χ2v) is 10.3. The van der Waals surface area contributed by atoms with Crippen LogP contribution in [0.1, 0.15) is 33.5 Å². The van der Waals surface area contributed by atoms with Crippen LogP contribution in [-0.2, 0) is 25.5 Å². The zero-order valence-corrected chi connectivity index (χ0v) is 22.9. The van der Waals surface area contributed by atoms with Gasteiger partial charge in [0.2, 0.25) is 5.91 Å². The van der Waals surface area contributed by atoms with Gasteiger partial charge in [-0.1, -0.05) is 36.4 Å². The van der Waals surface area contributed by atoms with E-state index in [2.05, 4.69) is 21.6 Å². The van der Waals surface area contributed by atoms with Gasteiger partial charge in [0.15, 0.2) is 0 Å². The van der Waals surface area contributed by atoms with E-state index in [1.165, 1.54) is 7.11 Å². The molecule has 1 fully saturated rings. The molecule has 3 aliphatic rings. The Balaban J connectivity index is 1.27. The molecule has 0 unspecified atom stereocenters. The van der Waals surface area contributed by atoms with Gasteiger partial charge in [-0.15, -0.1) is 0 Å². The van der Waals surface area contributed by atoms with Crippen LogP contribution in [0, 0.1) is 0 Å². The lowest BCUT2D eigenvalue weighted by atomic mass is 9.99. The van der Waals surface area contributed by atoms with Crippen LogP contribution < -0.4 is 15.5 Å². The Labute approximate surface area is 238 Å². The first-order valence-electron chi connectivity index (χ1n) is 13.9. The third-order valence-electron chi connectivity index (χ3n) is 7.79. The number of fused-ring (bicyclic) bond motifs is 2. The lowest BCUT2D eigenvalue weighted by molar-refractivity contribution is -0.119. The van der Waals surface area contributed by atoms with E-state index in [4.69, 9.17) is 9.47 Å². The van der Waals surface area contributed by atoms with Gasteiger partial charge in [-0.05, 0) is 47.9 Å². The van der Waals surface area contributed by atoms with Crippen molar-refractivity contribution < 1.29 is 23.9 Å². The molecular formula is C32H32N4O5. The number of esters is 1. The molecule has 0 aromatic heterocycles. The van der Waals surface area contributed by atoms with Gasteiger partial charge in [0.25, 0.3) is 5.91 Å². The molecule has 0 aliphatic carbocycles. The average Bonchev–Trinajstić information content (AvgIpc) is 3.58. The van der Waals surface area contributed by atoms with Gasteiger partial charge in [0.1, 0.15) is 0 Å². The van der Waals surface area contributed by atoms with Crippen LogP contribution in [0.15, 0.2) is 66.7 Å². The van der Waals surface area contributed by atoms with Gasteiger partial charge < -0.3 is 25.0 Å². The Kier molecular flexibility index (Phi) is 7.54. The maximum Gasteiger partial charge on any atom is 0.337 e. The van der Waals surface area contributed by atoms with Crippen molar-refractivity contribution in [1.82, 2.24) is 4.90 Å². The summed E-state index contributed by atoms with van der Waals surface area (Å²) in [5, 5.41) is 6.40. The van der Waals surface area contributed by atoms with Gasteiger partial charge in [0.05, 0.1) is 42.8 Å². The Morgan fingerprint density at radius 3 is 2.56 bits per heavy atom. The number of rotatable bonds is 7. The van der Waals surface area contributed by atoms with Crippen LogP contribution in [0.5, 0.6) is 0 Å². The summed E-state index contributed by atoms with van der Waals surface area (Å²) in [4.78, 5) is 42.6. The number of amides is 2. The van der Waals surface area contributed by atoms with Crippen molar-refractivity contribution in [3.63, 3.8) is 0 Å². The highest BCUT2D eigenvalue weighted by Crippen LogP contribution is 2.39. The van der Waals surface area contributed by atoms with Crippen LogP contribution in [0.4, 0.5) is 17.1 Å². The summed E-state index contributed by atoms with van der Waals surface area (Å²) in [6, 6.07) is 20.7. The molecule has 9 heteroatoms. The van der Waals surface area contributed by atoms with E-state index in [1.54, 1.807) is 18.2 Å². The topological polar surface area (TPSA) is 100 Å². The fourth-order valence-electron chi connectivity index (χ4n) is 5.65. The van der Waals surface area contributed by atoms with Gasteiger partial charge in [-0.2, -0.15) is 0 Å². The van der Waals surface area contributed by atoms with Crippen LogP contribution in [0.25, 0.3) is 11.3 Å². The molecule has 0 radical (unpaired) electrons. The molecule has 1 saturated heterocycles. The van der Waals surface area contributed by atoms with Crippen molar-refractivity contribution in [2.75, 3.05) is 62.0 Å². The molecule has 0 saturated carbocycles. The molecule has 2 amide bonds. The van der Waals surface area contributed by atoms with E-state index in [0.29, 0.717) is 41.1 Å². The van der Waals surface area contributed by atoms with Crippen molar-refractivity contribution in [2.45, 2.75) is 12.8 Å². The smallest absolute Gasteiger partial charge is 0.337 e. The van der Waals surface area contributed by atoms with Crippen molar-refractivity contribution in [3.05, 3.63) is 89.0 Å². The number of methoxy groups -OCH3 is 1. The summed E-state index contributed by atoms with van der Waals surface area (Å²) in [5.41, 5.74) is 6.47. The molecule has 3 aliphatic heterocycles. The first-order chi connectivity index (χ1) is 20.0. The van der Waals surface area contributed by atoms with Crippen molar-refractivity contribution >= 4 is 46.1 Å². The van der Waals surface area contributed by atoms with Crippen molar-refractivity contribution in [2.24, 2.45) is 0 Å². The van der Waals surface area contributed by atoms with E-state index in [1.807, 2.05) is 47.4 Å². The molecule has 3 heterocycles. The normalized spacial score (nSPS) is 17.5. The van der Waals surface area contributed by atoms with E-state index in [0.717, 1.165) is 61.8 Å². The molecule has 0 atom stereocenters. The highest BCUT2D eigenvalue weighted by atomic mass is 16.5. The maximum absolute atomic E-state index is 13.3. The third kappa shape index (κ3) is 5.46. The Hall–Kier alpha value is -4.47. The third-order valence-corrected chi connectivity index (χ3v) is 7.79. The number of carbonyl (C=O) groups is 3. The number of ether oxygens (including phenoxy) is 2. The lowest BCUT2D eigenvalue weighted by Crippen LogP contribution is -2.39. The van der Waals surface area contributed by atoms with Gasteiger partial charge in [0, 0.05) is 49.5 Å². The first kappa shape index (κ1) is 26.7. The van der Waals surface area contributed by atoms with E-state index < -0.39 is 5.97 Å². The average molecular weight is 553 g/mol. The number of carbonyl (C=O) groups excluding carboxylic acids is 3. The molecule has 6 rings (SSSR count). The Morgan fingerprint density at radius 2 is 1.78 bits per heavy atom. The summed E-state index contributed by atoms with van der Waals surface area (Å²) in [7, 11) is 1.33. The fraction of sp³-hybridized carbons (Fsp3) is 0.281. The number of nitrogens with zero attached hydrogens (tertiary/aromatic N) is 2. The van der Waals surface area contributed by atoms with Gasteiger partial charge >= 0.3 is 5.97 Å². The summed E-state index contributed by atoms with van der Waals surface area (Å²) < 4.78 is 10.2. The number of hydrogen-bond donors (Lipinski definition) is 2. The predicted molar refractivity (Wildman–Crippen MR) is 158 cm³/mol. The van der Waals surface area contributed by atoms with E-state index in [-0.39, 0.29) is 11.8 Å². The van der Waals surface area contributed by atoms with E-state index in [9.17, 15) is 14.4 Å². The van der Waals surface area contributed by atoms with Crippen LogP contribution in [0.3, 0.4) is 0 Å². The molecule has 2 N–H and O–H groups in total. The minimum atomic E-state index is -0.465. The number of hydrogen-bond acceptors (Lipinski definition) is 7. The molecule has 0 bridgehead atoms. The second kappa shape index (κ2) is 11.6. The standard InChI is InChI=1S/C32H32N4O5/c1-40-32(39)23-7-9-25-26(20-23)34-31(38)29(25)30(21-5-3-2-4-6-21)33-24-8-10-27-22(19-24)11-14-36(27)28(37)12-13-35-15-17-41-18-16-35/h2-10,19-20,33H,11-18H2,1H3,(H,34,38)/b30-29-. The monoisotopic (exact) mass is 552 g/mol. The molecule has 3 aromatic rings. The van der Waals surface area contributed by atoms with Crippen LogP contribution >= 0.6 is 0 Å². The molecular weight excluding hydrogens is 520 g/mol. The molecule has 210 valence electrons. The molecule has 0 spiro atoms. The van der Waals surface area contributed by atoms with E-state index >= 15 is 0 Å². The number of benzene rings is 3. The fourth-order valence-corrected chi connectivity index (χ4v) is 5.65. The zero-order valence-electron chi connectivity index (χ0n) is 22.9. The zero-order chi connectivity index (χ0) is 28.3. The predicted octanol–water partition coefficient (Wildman–Crippen LogP) is 4.02. The molecule has 3 aromatic carbocycles. The van der Waals surface area contributed by atoms with Crippen molar-refractivity contribution in [3.8, 4) is 0 Å². The van der Waals surface area contributed by atoms with Crippen molar-refractivity contribution in [1.29, 1.82) is 0 Å². The Bertz CT molecular complexity index is 1530. The van der Waals surface area contributed by atoms with Crippen LogP contribution in [0.2, 0.25) is 0 Å². The maximum atomic E-state index is 13.3. The van der Waals surface area contributed by atoms with Crippen LogP contribution in [-0.4, -0.2) is 69.2 Å². The summed E-state index contributed by atoms with van der Waals surface area (Å²) in [6.45, 7) is 4.58. The van der Waals surface area contributed by atoms with Gasteiger partial charge in [-0.25, -0.2) is 4.79 Å². The summed E-state index contributed by atoms with van der Waals surface area (Å²) >= 11 is 0. The number of morpholine rings is 1. The second-order valence-electron chi connectivity index (χ2n) is 10.3. The van der Waals surface area contributed by atoms with Gasteiger partial charge in [-0.3, -0.25) is 14.5 Å². The summed E-state index contributed by atoms with van der Waals surface area (Å²) in [5.74, 6) is -0.590. The largest absolute Gasteiger partial charge is 0.465 e. The quantitative estimate of drug-likeness (QED) is 0.337. The Morgan fingerprint density at radius 1 is 0.976 bits per heavy atom. The number of anilines is 3. The molecule has 41 heavy (non-hydrogen) atoms. The first-order valence-corrected chi connectivity index (χ1v) is 13.9. The lowest BCUT2D eigenvalue weighted by Gasteiger charge is -2.27. The SMILES string of the molecule is COC(=O)c1ccc2c(c1)NC(=O)/C2=C(\Nc1ccc2c(c1)CCN2C(=O)CCN1CCOCC1)c1ccccc1. The minimum absolute atomic E-state index is 0.133. The summed E-state index contributed by atoms with van der Waals surface area (Å²) in [6.07, 6.45) is 1.25. The highest BCUT2D eigenvalue weighted by molar-refractivity contribution is 6.37. The minimum Gasteiger partial charge on any atom is -0.465 e. The molecule has 9 nitrogen and oxygen atoms in total.